The van der Waals surface area contributed by atoms with E-state index in [0.717, 1.165) is 24.1 Å². The highest BCUT2D eigenvalue weighted by atomic mass is 32.2. The van der Waals surface area contributed by atoms with E-state index in [2.05, 4.69) is 10.6 Å². The molecule has 0 unspecified atom stereocenters. The van der Waals surface area contributed by atoms with Crippen LogP contribution in [-0.4, -0.2) is 57.5 Å². The molecule has 1 fully saturated rings. The molecule has 244 valence electrons. The lowest BCUT2D eigenvalue weighted by Crippen LogP contribution is -2.48. The van der Waals surface area contributed by atoms with Crippen LogP contribution in [0, 0.1) is 0 Å². The van der Waals surface area contributed by atoms with Crippen molar-refractivity contribution in [2.45, 2.75) is 63.9 Å². The van der Waals surface area contributed by atoms with E-state index in [1.807, 2.05) is 37.3 Å². The van der Waals surface area contributed by atoms with Gasteiger partial charge in [-0.1, -0.05) is 61.9 Å². The van der Waals surface area contributed by atoms with Gasteiger partial charge in [0.2, 0.25) is 10.0 Å². The number of aliphatic hydroxyl groups excluding tert-OH is 1. The van der Waals surface area contributed by atoms with Crippen LogP contribution in [-0.2, 0) is 35.6 Å². The molecule has 1 heterocycles. The lowest BCUT2D eigenvalue weighted by molar-refractivity contribution is -0.137. The molecule has 0 radical (unpaired) electrons. The first kappa shape index (κ1) is 34.3. The molecule has 4 rings (SSSR count). The van der Waals surface area contributed by atoms with Gasteiger partial charge < -0.3 is 20.5 Å². The summed E-state index contributed by atoms with van der Waals surface area (Å²) in [5.41, 5.74) is 1.76. The summed E-state index contributed by atoms with van der Waals surface area (Å²) < 4.78 is 72.4. The smallest absolute Gasteiger partial charge is 0.416 e. The second-order valence-corrected chi connectivity index (χ2v) is 13.2. The van der Waals surface area contributed by atoms with Crippen LogP contribution >= 0.6 is 0 Å². The van der Waals surface area contributed by atoms with Crippen LogP contribution in [0.5, 0.6) is 5.75 Å². The van der Waals surface area contributed by atoms with Crippen molar-refractivity contribution in [3.63, 3.8) is 0 Å². The number of hydrogen-bond donors (Lipinski definition) is 3. The predicted octanol–water partition coefficient (Wildman–Crippen LogP) is 5.09. The van der Waals surface area contributed by atoms with E-state index in [-0.39, 0.29) is 37.4 Å². The molecule has 8 nitrogen and oxygen atoms in total. The minimum Gasteiger partial charge on any atom is -0.494 e. The molecular weight excluding hydrogens is 607 g/mol. The second-order valence-electron chi connectivity index (χ2n) is 11.2. The highest BCUT2D eigenvalue weighted by Gasteiger charge is 2.32. The first-order chi connectivity index (χ1) is 21.4. The number of amides is 1. The monoisotopic (exact) mass is 647 g/mol. The number of halogens is 3. The lowest BCUT2D eigenvalue weighted by atomic mass is 9.99. The van der Waals surface area contributed by atoms with Crippen molar-refractivity contribution in [2.75, 3.05) is 30.3 Å². The Kier molecular flexibility index (Phi) is 11.5. The molecule has 0 spiro atoms. The molecule has 12 heteroatoms. The molecule has 2 atom stereocenters. The number of carbonyl (C=O) groups excluding carboxylic acids is 1. The highest BCUT2D eigenvalue weighted by Crippen LogP contribution is 2.37. The number of hydrogen-bond acceptors (Lipinski definition) is 6. The van der Waals surface area contributed by atoms with Crippen molar-refractivity contribution in [3.05, 3.63) is 94.5 Å². The molecular formula is C33H40F3N3O5S. The summed E-state index contributed by atoms with van der Waals surface area (Å²) >= 11 is 0. The van der Waals surface area contributed by atoms with Crippen LogP contribution in [0.15, 0.2) is 66.7 Å². The van der Waals surface area contributed by atoms with E-state index in [0.29, 0.717) is 41.8 Å². The van der Waals surface area contributed by atoms with Crippen molar-refractivity contribution in [2.24, 2.45) is 0 Å². The number of rotatable bonds is 13. The third kappa shape index (κ3) is 8.99. The standard InChI is InChI=1S/C33H40F3N3O5S/c1-3-10-25-19-26(20-29(31(25)44-2)39-15-7-8-16-45(39,42)43)32(41)38-28(18-23-11-5-4-6-12-23)30(40)22-37-21-24-13-9-14-27(17-24)33(34,35)36/h4-6,9,11-14,17,19-20,28,30,37,40H,3,7-8,10,15-16,18,21-22H2,1-2H3,(H,38,41)/t28-,30+/m0/s1. The van der Waals surface area contributed by atoms with Crippen molar-refractivity contribution in [3.8, 4) is 5.75 Å². The zero-order valence-electron chi connectivity index (χ0n) is 25.4. The average molecular weight is 648 g/mol. The number of anilines is 1. The number of methoxy groups -OCH3 is 1. The van der Waals surface area contributed by atoms with E-state index in [1.165, 1.54) is 23.5 Å². The van der Waals surface area contributed by atoms with Gasteiger partial charge in [-0.05, 0) is 60.6 Å². The summed E-state index contributed by atoms with van der Waals surface area (Å²) in [4.78, 5) is 13.8. The molecule has 3 N–H and O–H groups in total. The Morgan fingerprint density at radius 2 is 1.78 bits per heavy atom. The number of nitrogens with one attached hydrogen (secondary N) is 2. The average Bonchev–Trinajstić information content (AvgIpc) is 3.00. The van der Waals surface area contributed by atoms with Crippen LogP contribution in [0.2, 0.25) is 0 Å². The number of ether oxygens (including phenoxy) is 1. The maximum atomic E-state index is 13.8. The number of benzene rings is 3. The predicted molar refractivity (Wildman–Crippen MR) is 168 cm³/mol. The molecule has 0 aromatic heterocycles. The largest absolute Gasteiger partial charge is 0.494 e. The van der Waals surface area contributed by atoms with Crippen LogP contribution in [0.4, 0.5) is 18.9 Å². The molecule has 1 amide bonds. The third-order valence-corrected chi connectivity index (χ3v) is 9.62. The second kappa shape index (κ2) is 15.1. The molecule has 0 bridgehead atoms. The van der Waals surface area contributed by atoms with Gasteiger partial charge in [-0.15, -0.1) is 0 Å². The SMILES string of the molecule is CCCc1cc(C(=O)N[C@@H](Cc2ccccc2)[C@H](O)CNCc2cccc(C(F)(F)F)c2)cc(N2CCCCS2(=O)=O)c1OC. The van der Waals surface area contributed by atoms with Gasteiger partial charge in [0.25, 0.3) is 5.91 Å². The third-order valence-electron chi connectivity index (χ3n) is 7.77. The zero-order chi connectivity index (χ0) is 32.6. The minimum absolute atomic E-state index is 0.00497. The Morgan fingerprint density at radius 3 is 2.44 bits per heavy atom. The number of aryl methyl sites for hydroxylation is 1. The Balaban J connectivity index is 1.58. The summed E-state index contributed by atoms with van der Waals surface area (Å²) in [5, 5.41) is 17.1. The quantitative estimate of drug-likeness (QED) is 0.239. The fourth-order valence-electron chi connectivity index (χ4n) is 5.51. The van der Waals surface area contributed by atoms with E-state index in [1.54, 1.807) is 12.1 Å². The molecule has 1 aliphatic rings. The molecule has 3 aromatic rings. The van der Waals surface area contributed by atoms with Gasteiger partial charge in [0.15, 0.2) is 0 Å². The maximum Gasteiger partial charge on any atom is 0.416 e. The molecule has 3 aromatic carbocycles. The molecule has 0 aliphatic carbocycles. The summed E-state index contributed by atoms with van der Waals surface area (Å²) in [5.74, 6) is -0.0730. The summed E-state index contributed by atoms with van der Waals surface area (Å²) in [7, 11) is -2.11. The number of alkyl halides is 3. The maximum absolute atomic E-state index is 13.8. The first-order valence-electron chi connectivity index (χ1n) is 15.0. The van der Waals surface area contributed by atoms with Gasteiger partial charge in [0.1, 0.15) is 5.75 Å². The van der Waals surface area contributed by atoms with Gasteiger partial charge in [0, 0.05) is 25.2 Å². The van der Waals surface area contributed by atoms with Gasteiger partial charge in [0.05, 0.1) is 36.3 Å². The Hall–Kier alpha value is -3.61. The van der Waals surface area contributed by atoms with Crippen molar-refractivity contribution in [1.82, 2.24) is 10.6 Å². The van der Waals surface area contributed by atoms with Gasteiger partial charge in [-0.25, -0.2) is 8.42 Å². The van der Waals surface area contributed by atoms with E-state index >= 15 is 0 Å². The fourth-order valence-corrected chi connectivity index (χ4v) is 7.14. The normalized spacial score (nSPS) is 16.2. The van der Waals surface area contributed by atoms with Gasteiger partial charge >= 0.3 is 6.18 Å². The number of sulfonamides is 1. The van der Waals surface area contributed by atoms with Crippen LogP contribution in [0.3, 0.4) is 0 Å². The van der Waals surface area contributed by atoms with Gasteiger partial charge in [-0.2, -0.15) is 13.2 Å². The first-order valence-corrected chi connectivity index (χ1v) is 16.6. The fraction of sp³-hybridized carbons (Fsp3) is 0.424. The van der Waals surface area contributed by atoms with E-state index < -0.39 is 39.8 Å². The molecule has 1 saturated heterocycles. The number of carbonyl (C=O) groups is 1. The molecule has 0 saturated carbocycles. The van der Waals surface area contributed by atoms with Crippen LogP contribution in [0.1, 0.15) is 58.8 Å². The molecule has 45 heavy (non-hydrogen) atoms. The van der Waals surface area contributed by atoms with E-state index in [4.69, 9.17) is 4.74 Å². The number of aliphatic hydroxyl groups is 1. The van der Waals surface area contributed by atoms with Crippen LogP contribution in [0.25, 0.3) is 0 Å². The van der Waals surface area contributed by atoms with Crippen molar-refractivity contribution < 1.29 is 36.2 Å². The Morgan fingerprint density at radius 1 is 1.04 bits per heavy atom. The molecule has 1 aliphatic heterocycles. The lowest BCUT2D eigenvalue weighted by Gasteiger charge is -2.31. The summed E-state index contributed by atoms with van der Waals surface area (Å²) in [6, 6.07) is 16.7. The Labute approximate surface area is 262 Å². The van der Waals surface area contributed by atoms with E-state index in [9.17, 15) is 31.5 Å². The highest BCUT2D eigenvalue weighted by molar-refractivity contribution is 7.92. The minimum atomic E-state index is -4.46. The van der Waals surface area contributed by atoms with Gasteiger partial charge in [-0.3, -0.25) is 9.10 Å². The topological polar surface area (TPSA) is 108 Å². The van der Waals surface area contributed by atoms with Crippen LogP contribution < -0.4 is 19.7 Å². The summed E-state index contributed by atoms with van der Waals surface area (Å²) in [6.45, 7) is 2.33. The Bertz CT molecular complexity index is 1550. The van der Waals surface area contributed by atoms with Crippen molar-refractivity contribution in [1.29, 1.82) is 0 Å². The van der Waals surface area contributed by atoms with Crippen molar-refractivity contribution >= 4 is 21.6 Å². The number of nitrogens with zero attached hydrogens (tertiary/aromatic N) is 1. The zero-order valence-corrected chi connectivity index (χ0v) is 26.3. The summed E-state index contributed by atoms with van der Waals surface area (Å²) in [6.07, 6.45) is -2.75.